The van der Waals surface area contributed by atoms with E-state index in [-0.39, 0.29) is 0 Å². The van der Waals surface area contributed by atoms with Gasteiger partial charge in [-0.25, -0.2) is 0 Å². The topological polar surface area (TPSA) is 17.8 Å². The first kappa shape index (κ1) is 11.3. The summed E-state index contributed by atoms with van der Waals surface area (Å²) in [6.07, 6.45) is 5.31. The van der Waals surface area contributed by atoms with E-state index in [1.807, 2.05) is 6.20 Å². The quantitative estimate of drug-likeness (QED) is 0.719. The van der Waals surface area contributed by atoms with Gasteiger partial charge in [0, 0.05) is 6.20 Å². The van der Waals surface area contributed by atoms with Crippen LogP contribution in [-0.4, -0.2) is 9.78 Å². The molecular weight excluding hydrogens is 172 g/mol. The summed E-state index contributed by atoms with van der Waals surface area (Å²) in [5.74, 6) is 1.35. The van der Waals surface area contributed by atoms with Crippen LogP contribution in [0.3, 0.4) is 0 Å². The molecule has 0 saturated heterocycles. The monoisotopic (exact) mass is 194 g/mol. The van der Waals surface area contributed by atoms with E-state index in [0.29, 0.717) is 17.9 Å². The summed E-state index contributed by atoms with van der Waals surface area (Å²) in [6.45, 7) is 11.2. The standard InChI is InChI=1S/C12H22N2/c1-9(2)6-12-7-13-14(8-12)11(5)10(3)4/h7-11H,6H2,1-5H3. The highest BCUT2D eigenvalue weighted by molar-refractivity contribution is 5.05. The second-order valence-electron chi connectivity index (χ2n) is 4.91. The van der Waals surface area contributed by atoms with Crippen LogP contribution in [0.1, 0.15) is 46.2 Å². The molecule has 0 radical (unpaired) electrons. The Balaban J connectivity index is 2.67. The van der Waals surface area contributed by atoms with E-state index in [4.69, 9.17) is 0 Å². The van der Waals surface area contributed by atoms with E-state index in [1.54, 1.807) is 0 Å². The van der Waals surface area contributed by atoms with Crippen LogP contribution in [0.15, 0.2) is 12.4 Å². The Kier molecular flexibility index (Phi) is 3.73. The minimum absolute atomic E-state index is 0.496. The third-order valence-electron chi connectivity index (χ3n) is 2.68. The lowest BCUT2D eigenvalue weighted by molar-refractivity contribution is 0.375. The third kappa shape index (κ3) is 2.86. The highest BCUT2D eigenvalue weighted by atomic mass is 15.3. The fraction of sp³-hybridized carbons (Fsp3) is 0.750. The summed E-state index contributed by atoms with van der Waals surface area (Å²) in [7, 11) is 0. The van der Waals surface area contributed by atoms with Gasteiger partial charge in [-0.1, -0.05) is 27.7 Å². The Hall–Kier alpha value is -0.790. The fourth-order valence-electron chi connectivity index (χ4n) is 1.48. The molecule has 0 aliphatic carbocycles. The van der Waals surface area contributed by atoms with Gasteiger partial charge in [0.2, 0.25) is 0 Å². The summed E-state index contributed by atoms with van der Waals surface area (Å²) < 4.78 is 2.09. The van der Waals surface area contributed by atoms with E-state index in [0.717, 1.165) is 6.42 Å². The van der Waals surface area contributed by atoms with Gasteiger partial charge >= 0.3 is 0 Å². The summed E-state index contributed by atoms with van der Waals surface area (Å²) >= 11 is 0. The summed E-state index contributed by atoms with van der Waals surface area (Å²) in [5.41, 5.74) is 1.35. The lowest BCUT2D eigenvalue weighted by atomic mass is 10.1. The maximum atomic E-state index is 4.41. The van der Waals surface area contributed by atoms with Gasteiger partial charge in [0.15, 0.2) is 0 Å². The molecular formula is C12H22N2. The van der Waals surface area contributed by atoms with Gasteiger partial charge in [-0.15, -0.1) is 0 Å². The molecule has 0 aliphatic rings. The Morgan fingerprint density at radius 1 is 1.21 bits per heavy atom. The highest BCUT2D eigenvalue weighted by Crippen LogP contribution is 2.17. The van der Waals surface area contributed by atoms with Gasteiger partial charge in [0.1, 0.15) is 0 Å². The Labute approximate surface area is 87.3 Å². The van der Waals surface area contributed by atoms with Crippen molar-refractivity contribution in [3.63, 3.8) is 0 Å². The molecule has 0 amide bonds. The molecule has 2 nitrogen and oxygen atoms in total. The molecule has 1 aromatic rings. The van der Waals surface area contributed by atoms with Crippen molar-refractivity contribution >= 4 is 0 Å². The van der Waals surface area contributed by atoms with Gasteiger partial charge in [0.05, 0.1) is 12.2 Å². The lowest BCUT2D eigenvalue weighted by Gasteiger charge is -2.15. The number of hydrogen-bond donors (Lipinski definition) is 0. The summed E-state index contributed by atoms with van der Waals surface area (Å²) in [5, 5.41) is 4.41. The minimum atomic E-state index is 0.496. The fourth-order valence-corrected chi connectivity index (χ4v) is 1.48. The zero-order chi connectivity index (χ0) is 10.7. The van der Waals surface area contributed by atoms with Crippen molar-refractivity contribution in [1.29, 1.82) is 0 Å². The van der Waals surface area contributed by atoms with Crippen LogP contribution in [-0.2, 0) is 6.42 Å². The van der Waals surface area contributed by atoms with Crippen molar-refractivity contribution in [1.82, 2.24) is 9.78 Å². The maximum absolute atomic E-state index is 4.41. The first-order chi connectivity index (χ1) is 6.50. The predicted octanol–water partition coefficient (Wildman–Crippen LogP) is 3.30. The Morgan fingerprint density at radius 2 is 1.86 bits per heavy atom. The van der Waals surface area contributed by atoms with Crippen molar-refractivity contribution < 1.29 is 0 Å². The van der Waals surface area contributed by atoms with E-state index >= 15 is 0 Å². The van der Waals surface area contributed by atoms with Crippen LogP contribution in [0.25, 0.3) is 0 Å². The second-order valence-corrected chi connectivity index (χ2v) is 4.91. The van der Waals surface area contributed by atoms with Gasteiger partial charge in [-0.2, -0.15) is 5.10 Å². The summed E-state index contributed by atoms with van der Waals surface area (Å²) in [4.78, 5) is 0. The molecule has 2 heteroatoms. The molecule has 1 atom stereocenters. The molecule has 1 aromatic heterocycles. The van der Waals surface area contributed by atoms with Gasteiger partial charge in [-0.3, -0.25) is 4.68 Å². The average Bonchev–Trinajstić information content (AvgIpc) is 2.50. The SMILES string of the molecule is CC(C)Cc1cnn(C(C)C(C)C)c1. The third-order valence-corrected chi connectivity index (χ3v) is 2.68. The van der Waals surface area contributed by atoms with Crippen LogP contribution in [0.4, 0.5) is 0 Å². The van der Waals surface area contributed by atoms with Gasteiger partial charge in [0.25, 0.3) is 0 Å². The van der Waals surface area contributed by atoms with E-state index in [9.17, 15) is 0 Å². The van der Waals surface area contributed by atoms with Crippen molar-refractivity contribution in [2.75, 3.05) is 0 Å². The molecule has 80 valence electrons. The van der Waals surface area contributed by atoms with E-state index in [2.05, 4.69) is 50.6 Å². The zero-order valence-electron chi connectivity index (χ0n) is 9.99. The van der Waals surface area contributed by atoms with Crippen LogP contribution in [0.2, 0.25) is 0 Å². The highest BCUT2D eigenvalue weighted by Gasteiger charge is 2.10. The van der Waals surface area contributed by atoms with Crippen molar-refractivity contribution in [2.24, 2.45) is 11.8 Å². The number of hydrogen-bond acceptors (Lipinski definition) is 1. The molecule has 0 fully saturated rings. The van der Waals surface area contributed by atoms with Gasteiger partial charge < -0.3 is 0 Å². The molecule has 1 rings (SSSR count). The van der Waals surface area contributed by atoms with Crippen molar-refractivity contribution in [2.45, 2.75) is 47.1 Å². The predicted molar refractivity (Wildman–Crippen MR) is 60.3 cm³/mol. The first-order valence-electron chi connectivity index (χ1n) is 5.53. The van der Waals surface area contributed by atoms with Crippen LogP contribution in [0, 0.1) is 11.8 Å². The molecule has 0 bridgehead atoms. The lowest BCUT2D eigenvalue weighted by Crippen LogP contribution is -2.11. The first-order valence-corrected chi connectivity index (χ1v) is 5.53. The molecule has 0 N–H and O–H groups in total. The molecule has 1 heterocycles. The maximum Gasteiger partial charge on any atom is 0.0521 e. The minimum Gasteiger partial charge on any atom is -0.269 e. The van der Waals surface area contributed by atoms with Crippen molar-refractivity contribution in [3.05, 3.63) is 18.0 Å². The molecule has 0 aromatic carbocycles. The normalized spacial score (nSPS) is 13.9. The largest absolute Gasteiger partial charge is 0.269 e. The van der Waals surface area contributed by atoms with Crippen molar-refractivity contribution in [3.8, 4) is 0 Å². The number of aromatic nitrogens is 2. The molecule has 14 heavy (non-hydrogen) atoms. The Bertz CT molecular complexity index is 274. The van der Waals surface area contributed by atoms with E-state index < -0.39 is 0 Å². The zero-order valence-corrected chi connectivity index (χ0v) is 9.99. The smallest absolute Gasteiger partial charge is 0.0521 e. The number of rotatable bonds is 4. The Morgan fingerprint density at radius 3 is 2.36 bits per heavy atom. The van der Waals surface area contributed by atoms with Gasteiger partial charge in [-0.05, 0) is 30.7 Å². The number of nitrogens with zero attached hydrogens (tertiary/aromatic N) is 2. The second kappa shape index (κ2) is 4.63. The average molecular weight is 194 g/mol. The van der Waals surface area contributed by atoms with Crippen LogP contribution >= 0.6 is 0 Å². The molecule has 0 spiro atoms. The molecule has 0 saturated carbocycles. The van der Waals surface area contributed by atoms with Crippen LogP contribution < -0.4 is 0 Å². The molecule has 1 unspecified atom stereocenters. The van der Waals surface area contributed by atoms with E-state index in [1.165, 1.54) is 5.56 Å². The molecule has 0 aliphatic heterocycles. The van der Waals surface area contributed by atoms with Crippen LogP contribution in [0.5, 0.6) is 0 Å². The summed E-state index contributed by atoms with van der Waals surface area (Å²) in [6, 6.07) is 0.496.